The van der Waals surface area contributed by atoms with E-state index < -0.39 is 23.7 Å². The van der Waals surface area contributed by atoms with Crippen molar-refractivity contribution in [3.63, 3.8) is 0 Å². The van der Waals surface area contributed by atoms with Crippen molar-refractivity contribution < 1.29 is 22.3 Å². The van der Waals surface area contributed by atoms with Crippen molar-refractivity contribution >= 4 is 0 Å². The van der Waals surface area contributed by atoms with Crippen molar-refractivity contribution in [1.82, 2.24) is 0 Å². The van der Waals surface area contributed by atoms with Gasteiger partial charge in [0.1, 0.15) is 17.7 Å². The molecule has 112 valence electrons. The number of alkyl halides is 3. The van der Waals surface area contributed by atoms with Crippen LogP contribution in [-0.2, 0) is 6.18 Å². The van der Waals surface area contributed by atoms with Gasteiger partial charge in [-0.05, 0) is 35.9 Å². The Morgan fingerprint density at radius 1 is 1.05 bits per heavy atom. The number of rotatable bonds is 4. The van der Waals surface area contributed by atoms with Gasteiger partial charge in [0.2, 0.25) is 0 Å². The molecule has 1 atom stereocenters. The van der Waals surface area contributed by atoms with Crippen LogP contribution in [0.4, 0.5) is 17.6 Å². The van der Waals surface area contributed by atoms with Gasteiger partial charge in [-0.3, -0.25) is 0 Å². The Morgan fingerprint density at radius 3 is 2.38 bits per heavy atom. The van der Waals surface area contributed by atoms with Crippen molar-refractivity contribution in [3.05, 3.63) is 65.5 Å². The van der Waals surface area contributed by atoms with Gasteiger partial charge >= 0.3 is 6.18 Å². The third-order valence-electron chi connectivity index (χ3n) is 2.87. The number of ether oxygens (including phenoxy) is 1. The molecule has 21 heavy (non-hydrogen) atoms. The van der Waals surface area contributed by atoms with E-state index in [9.17, 15) is 17.6 Å². The zero-order valence-electron chi connectivity index (χ0n) is 10.9. The molecule has 0 aromatic heterocycles. The van der Waals surface area contributed by atoms with Crippen LogP contribution in [0.2, 0.25) is 0 Å². The minimum atomic E-state index is -4.45. The first-order valence-electron chi connectivity index (χ1n) is 6.19. The first kappa shape index (κ1) is 15.3. The van der Waals surface area contributed by atoms with E-state index in [1.807, 2.05) is 0 Å². The number of benzene rings is 2. The summed E-state index contributed by atoms with van der Waals surface area (Å²) in [6, 6.07) is 10.1. The third-order valence-corrected chi connectivity index (χ3v) is 2.87. The van der Waals surface area contributed by atoms with Gasteiger partial charge in [-0.25, -0.2) is 4.39 Å². The molecule has 2 aromatic rings. The summed E-state index contributed by atoms with van der Waals surface area (Å²) < 4.78 is 56.5. The molecule has 0 aliphatic heterocycles. The van der Waals surface area contributed by atoms with Crippen LogP contribution in [0.15, 0.2) is 48.5 Å². The summed E-state index contributed by atoms with van der Waals surface area (Å²) in [5, 5.41) is 0. The van der Waals surface area contributed by atoms with Gasteiger partial charge in [-0.2, -0.15) is 13.2 Å². The standard InChI is InChI=1S/C15H13F4NO/c16-12-5-1-3-10(7-12)14(9-20)21-13-6-2-4-11(8-13)15(17,18)19/h1-8,14H,9,20H2. The summed E-state index contributed by atoms with van der Waals surface area (Å²) in [6.45, 7) is 0.0136. The van der Waals surface area contributed by atoms with Crippen molar-refractivity contribution in [2.45, 2.75) is 12.3 Å². The van der Waals surface area contributed by atoms with Crippen LogP contribution in [0.25, 0.3) is 0 Å². The molecular weight excluding hydrogens is 286 g/mol. The SMILES string of the molecule is NCC(Oc1cccc(C(F)(F)F)c1)c1cccc(F)c1. The molecule has 0 spiro atoms. The highest BCUT2D eigenvalue weighted by Gasteiger charge is 2.30. The monoisotopic (exact) mass is 299 g/mol. The van der Waals surface area contributed by atoms with E-state index in [2.05, 4.69) is 0 Å². The zero-order valence-corrected chi connectivity index (χ0v) is 10.9. The molecule has 0 aliphatic rings. The molecule has 0 saturated carbocycles. The van der Waals surface area contributed by atoms with Gasteiger partial charge in [-0.15, -0.1) is 0 Å². The predicted octanol–water partition coefficient (Wildman–Crippen LogP) is 3.92. The highest BCUT2D eigenvalue weighted by Crippen LogP contribution is 2.32. The lowest BCUT2D eigenvalue weighted by Crippen LogP contribution is -2.18. The maximum Gasteiger partial charge on any atom is 0.416 e. The molecular formula is C15H13F4NO. The summed E-state index contributed by atoms with van der Waals surface area (Å²) in [7, 11) is 0. The fourth-order valence-corrected chi connectivity index (χ4v) is 1.87. The Kier molecular flexibility index (Phi) is 4.47. The molecule has 0 amide bonds. The molecule has 2 N–H and O–H groups in total. The van der Waals surface area contributed by atoms with Gasteiger partial charge in [0.25, 0.3) is 0 Å². The average molecular weight is 299 g/mol. The van der Waals surface area contributed by atoms with Gasteiger partial charge in [0.05, 0.1) is 5.56 Å². The minimum absolute atomic E-state index is 0.0136. The third kappa shape index (κ3) is 3.95. The topological polar surface area (TPSA) is 35.2 Å². The van der Waals surface area contributed by atoms with Gasteiger partial charge in [0, 0.05) is 6.54 Å². The second kappa shape index (κ2) is 6.13. The Bertz CT molecular complexity index is 613. The van der Waals surface area contributed by atoms with Gasteiger partial charge < -0.3 is 10.5 Å². The zero-order chi connectivity index (χ0) is 15.5. The van der Waals surface area contributed by atoms with Crippen LogP contribution in [0.3, 0.4) is 0 Å². The molecule has 1 unspecified atom stereocenters. The highest BCUT2D eigenvalue weighted by atomic mass is 19.4. The van der Waals surface area contributed by atoms with E-state index in [-0.39, 0.29) is 12.3 Å². The summed E-state index contributed by atoms with van der Waals surface area (Å²) in [4.78, 5) is 0. The second-order valence-electron chi connectivity index (χ2n) is 4.42. The summed E-state index contributed by atoms with van der Waals surface area (Å²) in [6.07, 6.45) is -5.17. The molecule has 0 fully saturated rings. The molecule has 2 nitrogen and oxygen atoms in total. The number of hydrogen-bond acceptors (Lipinski definition) is 2. The molecule has 0 bridgehead atoms. The van der Waals surface area contributed by atoms with Crippen LogP contribution in [0.1, 0.15) is 17.2 Å². The van der Waals surface area contributed by atoms with Gasteiger partial charge in [-0.1, -0.05) is 18.2 Å². The molecule has 0 radical (unpaired) electrons. The number of hydrogen-bond donors (Lipinski definition) is 1. The van der Waals surface area contributed by atoms with E-state index in [0.717, 1.165) is 12.1 Å². The fraction of sp³-hybridized carbons (Fsp3) is 0.200. The molecule has 6 heteroatoms. The number of nitrogens with two attached hydrogens (primary N) is 1. The molecule has 2 aromatic carbocycles. The van der Waals surface area contributed by atoms with Crippen LogP contribution in [0.5, 0.6) is 5.75 Å². The first-order chi connectivity index (χ1) is 9.90. The van der Waals surface area contributed by atoms with Crippen molar-refractivity contribution in [2.24, 2.45) is 5.73 Å². The minimum Gasteiger partial charge on any atom is -0.484 e. The Morgan fingerprint density at radius 2 is 1.76 bits per heavy atom. The summed E-state index contributed by atoms with van der Waals surface area (Å²) in [5.41, 5.74) is 5.21. The predicted molar refractivity (Wildman–Crippen MR) is 70.3 cm³/mol. The van der Waals surface area contributed by atoms with Crippen molar-refractivity contribution in [1.29, 1.82) is 0 Å². The largest absolute Gasteiger partial charge is 0.484 e. The Balaban J connectivity index is 2.23. The number of halogens is 4. The average Bonchev–Trinajstić information content (AvgIpc) is 2.44. The van der Waals surface area contributed by atoms with E-state index in [0.29, 0.717) is 5.56 Å². The molecule has 0 heterocycles. The Labute approximate surface area is 119 Å². The van der Waals surface area contributed by atoms with E-state index in [1.165, 1.54) is 30.3 Å². The van der Waals surface area contributed by atoms with E-state index in [1.54, 1.807) is 6.07 Å². The summed E-state index contributed by atoms with van der Waals surface area (Å²) >= 11 is 0. The summed E-state index contributed by atoms with van der Waals surface area (Å²) in [5.74, 6) is -0.428. The lowest BCUT2D eigenvalue weighted by atomic mass is 10.1. The lowest BCUT2D eigenvalue weighted by Gasteiger charge is -2.18. The quantitative estimate of drug-likeness (QED) is 0.868. The van der Waals surface area contributed by atoms with Crippen LogP contribution in [-0.4, -0.2) is 6.54 Å². The van der Waals surface area contributed by atoms with E-state index in [4.69, 9.17) is 10.5 Å². The molecule has 2 rings (SSSR count). The lowest BCUT2D eigenvalue weighted by molar-refractivity contribution is -0.137. The first-order valence-corrected chi connectivity index (χ1v) is 6.19. The maximum atomic E-state index is 13.2. The van der Waals surface area contributed by atoms with E-state index >= 15 is 0 Å². The fourth-order valence-electron chi connectivity index (χ4n) is 1.87. The van der Waals surface area contributed by atoms with Crippen LogP contribution in [0, 0.1) is 5.82 Å². The van der Waals surface area contributed by atoms with Crippen molar-refractivity contribution in [3.8, 4) is 5.75 Å². The second-order valence-corrected chi connectivity index (χ2v) is 4.42. The smallest absolute Gasteiger partial charge is 0.416 e. The maximum absolute atomic E-state index is 13.2. The molecule has 0 saturated heterocycles. The Hall–Kier alpha value is -2.08. The molecule has 0 aliphatic carbocycles. The highest BCUT2D eigenvalue weighted by molar-refractivity contribution is 5.31. The van der Waals surface area contributed by atoms with Crippen LogP contribution >= 0.6 is 0 Å². The van der Waals surface area contributed by atoms with Crippen LogP contribution < -0.4 is 10.5 Å². The van der Waals surface area contributed by atoms with Gasteiger partial charge in [0.15, 0.2) is 0 Å². The van der Waals surface area contributed by atoms with Crippen molar-refractivity contribution in [2.75, 3.05) is 6.54 Å². The normalized spacial score (nSPS) is 13.0.